The largest absolute Gasteiger partial charge is 0.349 e. The monoisotopic (exact) mass is 399 g/mol. The highest BCUT2D eigenvalue weighted by Gasteiger charge is 2.19. The van der Waals surface area contributed by atoms with E-state index in [4.69, 9.17) is 17.3 Å². The van der Waals surface area contributed by atoms with Crippen LogP contribution in [-0.4, -0.2) is 17.9 Å². The Morgan fingerprint density at radius 3 is 2.50 bits per heavy atom. The second-order valence-corrected chi connectivity index (χ2v) is 7.68. The molecule has 1 saturated carbocycles. The molecule has 0 saturated heterocycles. The van der Waals surface area contributed by atoms with Crippen LogP contribution in [0.2, 0.25) is 5.02 Å². The summed E-state index contributed by atoms with van der Waals surface area (Å²) in [7, 11) is 0. The van der Waals surface area contributed by atoms with Crippen LogP contribution in [0.4, 0.5) is 5.69 Å². The van der Waals surface area contributed by atoms with Crippen molar-refractivity contribution in [2.24, 2.45) is 5.73 Å². The van der Waals surface area contributed by atoms with Crippen molar-refractivity contribution in [3.8, 4) is 0 Å². The Kier molecular flexibility index (Phi) is 7.06. The quantitative estimate of drug-likeness (QED) is 0.671. The lowest BCUT2D eigenvalue weighted by molar-refractivity contribution is -0.116. The van der Waals surface area contributed by atoms with Gasteiger partial charge >= 0.3 is 0 Å². The molecule has 2 aromatic carbocycles. The number of nitrogens with one attached hydrogen (secondary N) is 2. The molecule has 5 nitrogen and oxygen atoms in total. The molecule has 1 unspecified atom stereocenters. The van der Waals surface area contributed by atoms with Gasteiger partial charge in [-0.1, -0.05) is 61.2 Å². The van der Waals surface area contributed by atoms with Crippen molar-refractivity contribution in [2.45, 2.75) is 50.6 Å². The van der Waals surface area contributed by atoms with E-state index in [1.807, 2.05) is 30.3 Å². The van der Waals surface area contributed by atoms with E-state index in [1.165, 1.54) is 6.42 Å². The molecule has 1 atom stereocenters. The van der Waals surface area contributed by atoms with Gasteiger partial charge in [0, 0.05) is 24.2 Å². The number of anilines is 1. The fraction of sp³-hybridized carbons (Fsp3) is 0.364. The van der Waals surface area contributed by atoms with E-state index in [0.717, 1.165) is 31.2 Å². The van der Waals surface area contributed by atoms with E-state index in [2.05, 4.69) is 10.6 Å². The summed E-state index contributed by atoms with van der Waals surface area (Å²) in [4.78, 5) is 25.0. The lowest BCUT2D eigenvalue weighted by Crippen LogP contribution is -2.36. The van der Waals surface area contributed by atoms with Gasteiger partial charge in [-0.25, -0.2) is 0 Å². The average molecular weight is 400 g/mol. The zero-order valence-electron chi connectivity index (χ0n) is 15.8. The van der Waals surface area contributed by atoms with Gasteiger partial charge < -0.3 is 16.4 Å². The van der Waals surface area contributed by atoms with E-state index in [-0.39, 0.29) is 30.3 Å². The van der Waals surface area contributed by atoms with Crippen LogP contribution >= 0.6 is 11.6 Å². The molecule has 1 fully saturated rings. The number of carbonyl (C=O) groups excluding carboxylic acids is 2. The fourth-order valence-electron chi connectivity index (χ4n) is 3.52. The third kappa shape index (κ3) is 5.57. The van der Waals surface area contributed by atoms with Crippen LogP contribution in [0.3, 0.4) is 0 Å². The van der Waals surface area contributed by atoms with Crippen LogP contribution < -0.4 is 16.4 Å². The van der Waals surface area contributed by atoms with Gasteiger partial charge in [-0.15, -0.1) is 0 Å². The molecule has 1 aliphatic rings. The zero-order valence-corrected chi connectivity index (χ0v) is 16.5. The van der Waals surface area contributed by atoms with Crippen LogP contribution in [0, 0.1) is 0 Å². The summed E-state index contributed by atoms with van der Waals surface area (Å²) in [5.41, 5.74) is 7.92. The molecule has 0 spiro atoms. The Labute approximate surface area is 170 Å². The second-order valence-electron chi connectivity index (χ2n) is 7.27. The van der Waals surface area contributed by atoms with Crippen molar-refractivity contribution in [2.75, 3.05) is 5.32 Å². The fourth-order valence-corrected chi connectivity index (χ4v) is 3.72. The van der Waals surface area contributed by atoms with Crippen molar-refractivity contribution < 1.29 is 9.59 Å². The van der Waals surface area contributed by atoms with Gasteiger partial charge in [-0.2, -0.15) is 0 Å². The van der Waals surface area contributed by atoms with Crippen molar-refractivity contribution in [1.82, 2.24) is 5.32 Å². The molecule has 28 heavy (non-hydrogen) atoms. The molecule has 0 aliphatic heterocycles. The average Bonchev–Trinajstić information content (AvgIpc) is 2.70. The third-order valence-corrected chi connectivity index (χ3v) is 5.40. The number of amides is 2. The molecule has 0 aromatic heterocycles. The number of hydrogen-bond donors (Lipinski definition) is 3. The van der Waals surface area contributed by atoms with E-state index in [1.54, 1.807) is 18.2 Å². The van der Waals surface area contributed by atoms with Crippen LogP contribution in [0.15, 0.2) is 48.5 Å². The maximum atomic E-state index is 12.6. The van der Waals surface area contributed by atoms with Gasteiger partial charge in [-0.3, -0.25) is 9.59 Å². The van der Waals surface area contributed by atoms with Gasteiger partial charge in [-0.05, 0) is 36.6 Å². The summed E-state index contributed by atoms with van der Waals surface area (Å²) in [6.45, 7) is 0. The van der Waals surface area contributed by atoms with E-state index < -0.39 is 0 Å². The molecule has 0 radical (unpaired) electrons. The van der Waals surface area contributed by atoms with Gasteiger partial charge in [0.05, 0.1) is 10.6 Å². The van der Waals surface area contributed by atoms with Crippen LogP contribution in [0.1, 0.15) is 60.5 Å². The van der Waals surface area contributed by atoms with E-state index >= 15 is 0 Å². The Balaban J connectivity index is 1.62. The zero-order chi connectivity index (χ0) is 19.9. The molecule has 1 aliphatic carbocycles. The molecule has 0 heterocycles. The first kappa shape index (κ1) is 20.4. The summed E-state index contributed by atoms with van der Waals surface area (Å²) in [5, 5.41) is 6.23. The van der Waals surface area contributed by atoms with Crippen molar-refractivity contribution >= 4 is 29.1 Å². The number of hydrogen-bond acceptors (Lipinski definition) is 3. The molecule has 4 N–H and O–H groups in total. The lowest BCUT2D eigenvalue weighted by Gasteiger charge is -2.23. The summed E-state index contributed by atoms with van der Waals surface area (Å²) >= 11 is 6.22. The topological polar surface area (TPSA) is 84.2 Å². The third-order valence-electron chi connectivity index (χ3n) is 5.07. The molecule has 0 bridgehead atoms. The summed E-state index contributed by atoms with van der Waals surface area (Å²) in [6.07, 6.45) is 5.64. The lowest BCUT2D eigenvalue weighted by atomic mass is 9.95. The highest BCUT2D eigenvalue weighted by molar-refractivity contribution is 6.34. The van der Waals surface area contributed by atoms with Crippen LogP contribution in [-0.2, 0) is 4.79 Å². The van der Waals surface area contributed by atoms with Gasteiger partial charge in [0.2, 0.25) is 5.91 Å². The second kappa shape index (κ2) is 9.71. The standard InChI is InChI=1S/C22H26ClN3O2/c23-19-12-11-17(13-18(19)22(28)26-16-9-5-2-6-10-16)25-21(27)14-20(24)15-7-3-1-4-8-15/h1,3-4,7-8,11-13,16,20H,2,5-6,9-10,14,24H2,(H,25,27)(H,26,28). The number of nitrogens with two attached hydrogens (primary N) is 1. The van der Waals surface area contributed by atoms with Crippen molar-refractivity contribution in [3.63, 3.8) is 0 Å². The molecule has 148 valence electrons. The number of rotatable bonds is 6. The maximum absolute atomic E-state index is 12.6. The number of benzene rings is 2. The summed E-state index contributed by atoms with van der Waals surface area (Å²) in [6, 6.07) is 14.2. The van der Waals surface area contributed by atoms with Gasteiger partial charge in [0.15, 0.2) is 0 Å². The normalized spacial score (nSPS) is 15.6. The predicted octanol–water partition coefficient (Wildman–Crippen LogP) is 4.43. The molecule has 2 amide bonds. The Morgan fingerprint density at radius 1 is 1.07 bits per heavy atom. The van der Waals surface area contributed by atoms with Crippen LogP contribution in [0.5, 0.6) is 0 Å². The SMILES string of the molecule is NC(CC(=O)Nc1ccc(Cl)c(C(=O)NC2CCCCC2)c1)c1ccccc1. The van der Waals surface area contributed by atoms with E-state index in [9.17, 15) is 9.59 Å². The predicted molar refractivity (Wildman–Crippen MR) is 112 cm³/mol. The first-order chi connectivity index (χ1) is 13.5. The van der Waals surface area contributed by atoms with Crippen LogP contribution in [0.25, 0.3) is 0 Å². The Hall–Kier alpha value is -2.37. The van der Waals surface area contributed by atoms with Crippen molar-refractivity contribution in [1.29, 1.82) is 0 Å². The smallest absolute Gasteiger partial charge is 0.253 e. The highest BCUT2D eigenvalue weighted by Crippen LogP contribution is 2.23. The number of halogens is 1. The minimum absolute atomic E-state index is 0.149. The Morgan fingerprint density at radius 2 is 1.79 bits per heavy atom. The van der Waals surface area contributed by atoms with Crippen molar-refractivity contribution in [3.05, 3.63) is 64.7 Å². The highest BCUT2D eigenvalue weighted by atomic mass is 35.5. The Bertz CT molecular complexity index is 820. The molecule has 6 heteroatoms. The molecule has 2 aromatic rings. The molecule has 3 rings (SSSR count). The first-order valence-corrected chi connectivity index (χ1v) is 10.1. The molecular formula is C22H26ClN3O2. The maximum Gasteiger partial charge on any atom is 0.253 e. The summed E-state index contributed by atoms with van der Waals surface area (Å²) < 4.78 is 0. The summed E-state index contributed by atoms with van der Waals surface area (Å²) in [5.74, 6) is -0.411. The molecular weight excluding hydrogens is 374 g/mol. The minimum atomic E-state index is -0.387. The minimum Gasteiger partial charge on any atom is -0.349 e. The number of carbonyl (C=O) groups is 2. The van der Waals surface area contributed by atoms with Gasteiger partial charge in [0.1, 0.15) is 0 Å². The first-order valence-electron chi connectivity index (χ1n) is 9.73. The van der Waals surface area contributed by atoms with E-state index in [0.29, 0.717) is 16.3 Å². The van der Waals surface area contributed by atoms with Gasteiger partial charge in [0.25, 0.3) is 5.91 Å².